The molecule has 5 nitrogen and oxygen atoms in total. The van der Waals surface area contributed by atoms with Crippen LogP contribution in [0, 0.1) is 5.92 Å². The number of hydrogen-bond acceptors (Lipinski definition) is 3. The molecule has 0 bridgehead atoms. The fraction of sp³-hybridized carbons (Fsp3) is 0.846. The van der Waals surface area contributed by atoms with Crippen LogP contribution in [0.4, 0.5) is 0 Å². The molecule has 1 aliphatic rings. The van der Waals surface area contributed by atoms with E-state index in [0.717, 1.165) is 38.5 Å². The van der Waals surface area contributed by atoms with Crippen molar-refractivity contribution in [3.05, 3.63) is 0 Å². The predicted molar refractivity (Wildman–Crippen MR) is 67.1 cm³/mol. The fourth-order valence-corrected chi connectivity index (χ4v) is 2.39. The Kier molecular flexibility index (Phi) is 6.72. The summed E-state index contributed by atoms with van der Waals surface area (Å²) in [5.74, 6) is -1.31. The molecule has 1 rings (SSSR count). The smallest absolute Gasteiger partial charge is 0.326 e. The van der Waals surface area contributed by atoms with E-state index in [9.17, 15) is 9.59 Å². The number of aliphatic carboxylic acids is 1. The summed E-state index contributed by atoms with van der Waals surface area (Å²) in [6, 6.07) is -0.965. The maximum absolute atomic E-state index is 12.0. The molecule has 0 aromatic heterocycles. The molecule has 0 unspecified atom stereocenters. The number of nitrogens with one attached hydrogen (secondary N) is 1. The molecule has 0 saturated heterocycles. The van der Waals surface area contributed by atoms with Gasteiger partial charge in [0.2, 0.25) is 5.91 Å². The molecule has 5 heteroatoms. The maximum atomic E-state index is 12.0. The van der Waals surface area contributed by atoms with E-state index >= 15 is 0 Å². The van der Waals surface area contributed by atoms with Crippen LogP contribution in [-0.4, -0.2) is 34.7 Å². The number of carbonyl (C=O) groups is 2. The zero-order valence-corrected chi connectivity index (χ0v) is 10.7. The van der Waals surface area contributed by atoms with Crippen LogP contribution in [-0.2, 0) is 9.59 Å². The highest BCUT2D eigenvalue weighted by molar-refractivity contribution is 5.84. The standard InChI is InChI=1S/C13H23NO4/c15-9-8-11(13(17)18)14-12(16)10-6-4-2-1-3-5-7-10/h10-11,15H,1-9H2,(H,14,16)(H,17,18)/t11-/m1/s1. The number of amides is 1. The van der Waals surface area contributed by atoms with Crippen molar-refractivity contribution in [2.24, 2.45) is 5.92 Å². The quantitative estimate of drug-likeness (QED) is 0.693. The number of carbonyl (C=O) groups excluding carboxylic acids is 1. The predicted octanol–water partition coefficient (Wildman–Crippen LogP) is 1.30. The zero-order valence-electron chi connectivity index (χ0n) is 10.7. The molecule has 1 saturated carbocycles. The average Bonchev–Trinajstić information content (AvgIpc) is 2.27. The van der Waals surface area contributed by atoms with Gasteiger partial charge in [0.1, 0.15) is 6.04 Å². The molecule has 1 amide bonds. The topological polar surface area (TPSA) is 86.6 Å². The van der Waals surface area contributed by atoms with Crippen LogP contribution in [0.15, 0.2) is 0 Å². The molecule has 3 N–H and O–H groups in total. The van der Waals surface area contributed by atoms with E-state index < -0.39 is 12.0 Å². The highest BCUT2D eigenvalue weighted by Gasteiger charge is 2.24. The van der Waals surface area contributed by atoms with E-state index in [1.54, 1.807) is 0 Å². The summed E-state index contributed by atoms with van der Waals surface area (Å²) in [5, 5.41) is 20.2. The van der Waals surface area contributed by atoms with Gasteiger partial charge in [0.15, 0.2) is 0 Å². The van der Waals surface area contributed by atoms with Crippen LogP contribution >= 0.6 is 0 Å². The van der Waals surface area contributed by atoms with Gasteiger partial charge >= 0.3 is 5.97 Å². The van der Waals surface area contributed by atoms with Gasteiger partial charge in [-0.05, 0) is 12.8 Å². The monoisotopic (exact) mass is 257 g/mol. The lowest BCUT2D eigenvalue weighted by Crippen LogP contribution is -2.44. The number of aliphatic hydroxyl groups is 1. The Labute approximate surface area is 108 Å². The Morgan fingerprint density at radius 1 is 1.11 bits per heavy atom. The highest BCUT2D eigenvalue weighted by Crippen LogP contribution is 2.22. The number of rotatable bonds is 5. The third-order valence-corrected chi connectivity index (χ3v) is 3.51. The Balaban J connectivity index is 2.47. The first-order chi connectivity index (χ1) is 8.65. The first kappa shape index (κ1) is 15.0. The third-order valence-electron chi connectivity index (χ3n) is 3.51. The third kappa shape index (κ3) is 5.04. The highest BCUT2D eigenvalue weighted by atomic mass is 16.4. The molecule has 0 radical (unpaired) electrons. The summed E-state index contributed by atoms with van der Waals surface area (Å²) in [4.78, 5) is 22.9. The minimum atomic E-state index is -1.08. The summed E-state index contributed by atoms with van der Waals surface area (Å²) in [6.07, 6.45) is 7.37. The summed E-state index contributed by atoms with van der Waals surface area (Å²) >= 11 is 0. The van der Waals surface area contributed by atoms with Gasteiger partial charge in [-0.2, -0.15) is 0 Å². The van der Waals surface area contributed by atoms with Crippen LogP contribution in [0.25, 0.3) is 0 Å². The fourth-order valence-electron chi connectivity index (χ4n) is 2.39. The summed E-state index contributed by atoms with van der Waals surface area (Å²) in [7, 11) is 0. The van der Waals surface area contributed by atoms with E-state index in [-0.39, 0.29) is 24.9 Å². The molecule has 0 aromatic rings. The molecular weight excluding hydrogens is 234 g/mol. The molecule has 0 heterocycles. The van der Waals surface area contributed by atoms with Crippen molar-refractivity contribution in [1.82, 2.24) is 5.32 Å². The van der Waals surface area contributed by atoms with Gasteiger partial charge in [-0.25, -0.2) is 4.79 Å². The van der Waals surface area contributed by atoms with Crippen LogP contribution in [0.5, 0.6) is 0 Å². The molecule has 0 aliphatic heterocycles. The second-order valence-electron chi connectivity index (χ2n) is 4.95. The lowest BCUT2D eigenvalue weighted by atomic mass is 9.90. The molecule has 1 atom stereocenters. The lowest BCUT2D eigenvalue weighted by molar-refractivity contribution is -0.143. The second-order valence-corrected chi connectivity index (χ2v) is 4.95. The molecule has 104 valence electrons. The largest absolute Gasteiger partial charge is 0.480 e. The van der Waals surface area contributed by atoms with Crippen molar-refractivity contribution in [3.8, 4) is 0 Å². The number of hydrogen-bond donors (Lipinski definition) is 3. The van der Waals surface area contributed by atoms with Gasteiger partial charge in [0, 0.05) is 18.9 Å². The van der Waals surface area contributed by atoms with Crippen LogP contribution in [0.3, 0.4) is 0 Å². The lowest BCUT2D eigenvalue weighted by Gasteiger charge is -2.21. The van der Waals surface area contributed by atoms with Crippen molar-refractivity contribution < 1.29 is 19.8 Å². The Bertz CT molecular complexity index is 272. The normalized spacial score (nSPS) is 19.6. The molecule has 1 fully saturated rings. The van der Waals surface area contributed by atoms with Crippen molar-refractivity contribution in [2.75, 3.05) is 6.61 Å². The van der Waals surface area contributed by atoms with E-state index in [4.69, 9.17) is 10.2 Å². The summed E-state index contributed by atoms with van der Waals surface area (Å²) in [6.45, 7) is -0.234. The Hall–Kier alpha value is -1.10. The van der Waals surface area contributed by atoms with Crippen LogP contribution in [0.2, 0.25) is 0 Å². The van der Waals surface area contributed by atoms with Gasteiger partial charge < -0.3 is 15.5 Å². The average molecular weight is 257 g/mol. The van der Waals surface area contributed by atoms with Crippen molar-refractivity contribution >= 4 is 11.9 Å². The second kappa shape index (κ2) is 8.08. The van der Waals surface area contributed by atoms with E-state index in [0.29, 0.717) is 0 Å². The summed E-state index contributed by atoms with van der Waals surface area (Å²) in [5.41, 5.74) is 0. The molecule has 1 aliphatic carbocycles. The number of aliphatic hydroxyl groups excluding tert-OH is 1. The maximum Gasteiger partial charge on any atom is 0.326 e. The molecule has 18 heavy (non-hydrogen) atoms. The van der Waals surface area contributed by atoms with Gasteiger partial charge in [0.25, 0.3) is 0 Å². The van der Waals surface area contributed by atoms with Gasteiger partial charge in [0.05, 0.1) is 0 Å². The van der Waals surface area contributed by atoms with Gasteiger partial charge in [-0.3, -0.25) is 4.79 Å². The molecule has 0 aromatic carbocycles. The van der Waals surface area contributed by atoms with E-state index in [2.05, 4.69) is 5.32 Å². The van der Waals surface area contributed by atoms with Gasteiger partial charge in [-0.1, -0.05) is 32.1 Å². The zero-order chi connectivity index (χ0) is 13.4. The minimum absolute atomic E-state index is 0.0633. The first-order valence-electron chi connectivity index (χ1n) is 6.79. The van der Waals surface area contributed by atoms with Crippen LogP contribution < -0.4 is 5.32 Å². The summed E-state index contributed by atoms with van der Waals surface area (Å²) < 4.78 is 0. The van der Waals surface area contributed by atoms with E-state index in [1.165, 1.54) is 6.42 Å². The van der Waals surface area contributed by atoms with Crippen molar-refractivity contribution in [3.63, 3.8) is 0 Å². The number of carboxylic acids is 1. The van der Waals surface area contributed by atoms with Crippen molar-refractivity contribution in [2.45, 2.75) is 57.4 Å². The molecular formula is C13H23NO4. The molecule has 0 spiro atoms. The Morgan fingerprint density at radius 2 is 1.67 bits per heavy atom. The van der Waals surface area contributed by atoms with Gasteiger partial charge in [-0.15, -0.1) is 0 Å². The minimum Gasteiger partial charge on any atom is -0.480 e. The number of carboxylic acid groups (broad SMARTS) is 1. The first-order valence-corrected chi connectivity index (χ1v) is 6.79. The Morgan fingerprint density at radius 3 is 2.17 bits per heavy atom. The van der Waals surface area contributed by atoms with E-state index in [1.807, 2.05) is 0 Å². The SMILES string of the molecule is O=C(N[C@H](CCO)C(=O)O)C1CCCCCCC1. The van der Waals surface area contributed by atoms with Crippen LogP contribution in [0.1, 0.15) is 51.4 Å². The van der Waals surface area contributed by atoms with Crippen molar-refractivity contribution in [1.29, 1.82) is 0 Å².